The van der Waals surface area contributed by atoms with Gasteiger partial charge in [-0.3, -0.25) is 14.9 Å². The number of rotatable bonds is 4. The van der Waals surface area contributed by atoms with Gasteiger partial charge in [0.15, 0.2) is 0 Å². The van der Waals surface area contributed by atoms with Crippen LogP contribution >= 0.6 is 0 Å². The molecule has 2 atom stereocenters. The highest BCUT2D eigenvalue weighted by molar-refractivity contribution is 5.96. The van der Waals surface area contributed by atoms with Crippen LogP contribution in [0, 0.1) is 16.0 Å². The number of carbonyl (C=O) groups excluding carboxylic acids is 1. The topological polar surface area (TPSA) is 92.7 Å². The van der Waals surface area contributed by atoms with E-state index in [0.717, 1.165) is 45.2 Å². The van der Waals surface area contributed by atoms with E-state index in [1.807, 2.05) is 6.92 Å². The number of nitrogens with two attached hydrogens (primary N) is 1. The lowest BCUT2D eigenvalue weighted by molar-refractivity contribution is -0.384. The zero-order valence-corrected chi connectivity index (χ0v) is 16.3. The Balaban J connectivity index is 1.87. The number of anilines is 1. The van der Waals surface area contributed by atoms with E-state index in [4.69, 9.17) is 5.73 Å². The first-order chi connectivity index (χ1) is 12.9. The monoisotopic (exact) mass is 374 g/mol. The van der Waals surface area contributed by atoms with Crippen LogP contribution in [0.1, 0.15) is 56.3 Å². The molecule has 0 radical (unpaired) electrons. The zero-order chi connectivity index (χ0) is 19.6. The smallest absolute Gasteiger partial charge is 0.293 e. The van der Waals surface area contributed by atoms with Gasteiger partial charge in [0.25, 0.3) is 11.6 Å². The molecule has 27 heavy (non-hydrogen) atoms. The van der Waals surface area contributed by atoms with Gasteiger partial charge in [0, 0.05) is 43.3 Å². The van der Waals surface area contributed by atoms with Crippen molar-refractivity contribution >= 4 is 17.3 Å². The molecular weight excluding hydrogens is 344 g/mol. The Labute approximate surface area is 160 Å². The third-order valence-electron chi connectivity index (χ3n) is 5.96. The van der Waals surface area contributed by atoms with Crippen molar-refractivity contribution in [3.8, 4) is 0 Å². The van der Waals surface area contributed by atoms with Crippen molar-refractivity contribution in [2.45, 2.75) is 58.0 Å². The number of hydrogen-bond donors (Lipinski definition) is 1. The maximum atomic E-state index is 13.1. The van der Waals surface area contributed by atoms with E-state index in [2.05, 4.69) is 11.8 Å². The largest absolute Gasteiger partial charge is 0.366 e. The van der Waals surface area contributed by atoms with Gasteiger partial charge < -0.3 is 15.5 Å². The van der Waals surface area contributed by atoms with Gasteiger partial charge in [-0.1, -0.05) is 6.92 Å². The second-order valence-electron chi connectivity index (χ2n) is 8.05. The average molecular weight is 374 g/mol. The molecular formula is C20H30N4O3. The molecule has 0 saturated carbocycles. The van der Waals surface area contributed by atoms with Crippen LogP contribution in [-0.2, 0) is 0 Å². The molecule has 0 aliphatic carbocycles. The molecule has 2 saturated heterocycles. The van der Waals surface area contributed by atoms with E-state index < -0.39 is 0 Å². The summed E-state index contributed by atoms with van der Waals surface area (Å²) in [6.07, 6.45) is 4.95. The Morgan fingerprint density at radius 2 is 1.93 bits per heavy atom. The van der Waals surface area contributed by atoms with E-state index in [1.165, 1.54) is 6.07 Å². The molecule has 2 N–H and O–H groups in total. The Kier molecular flexibility index (Phi) is 5.99. The van der Waals surface area contributed by atoms with Crippen molar-refractivity contribution < 1.29 is 9.72 Å². The van der Waals surface area contributed by atoms with Crippen molar-refractivity contribution in [2.24, 2.45) is 11.7 Å². The lowest BCUT2D eigenvalue weighted by Crippen LogP contribution is -2.51. The Bertz CT molecular complexity index is 698. The lowest BCUT2D eigenvalue weighted by atomic mass is 9.95. The molecule has 2 aliphatic heterocycles. The summed E-state index contributed by atoms with van der Waals surface area (Å²) in [5.74, 6) is 0.495. The predicted octanol–water partition coefficient (Wildman–Crippen LogP) is 3.17. The first-order valence-corrected chi connectivity index (χ1v) is 9.98. The van der Waals surface area contributed by atoms with Crippen molar-refractivity contribution in [1.29, 1.82) is 0 Å². The van der Waals surface area contributed by atoms with Crippen LogP contribution < -0.4 is 10.6 Å². The summed E-state index contributed by atoms with van der Waals surface area (Å²) < 4.78 is 0. The average Bonchev–Trinajstić information content (AvgIpc) is 2.67. The predicted molar refractivity (Wildman–Crippen MR) is 106 cm³/mol. The molecule has 1 amide bonds. The summed E-state index contributed by atoms with van der Waals surface area (Å²) in [5.41, 5.74) is 7.09. The van der Waals surface area contributed by atoms with Gasteiger partial charge in [0.2, 0.25) is 0 Å². The van der Waals surface area contributed by atoms with E-state index in [9.17, 15) is 14.9 Å². The Morgan fingerprint density at radius 1 is 1.22 bits per heavy atom. The third-order valence-corrected chi connectivity index (χ3v) is 5.96. The van der Waals surface area contributed by atoms with Crippen molar-refractivity contribution in [1.82, 2.24) is 4.90 Å². The number of benzene rings is 1. The quantitative estimate of drug-likeness (QED) is 0.645. The summed E-state index contributed by atoms with van der Waals surface area (Å²) >= 11 is 0. The second-order valence-corrected chi connectivity index (χ2v) is 8.05. The highest BCUT2D eigenvalue weighted by Gasteiger charge is 2.31. The van der Waals surface area contributed by atoms with Crippen LogP contribution in [0.4, 0.5) is 11.4 Å². The molecule has 1 aromatic carbocycles. The summed E-state index contributed by atoms with van der Waals surface area (Å²) in [6.45, 7) is 6.41. The summed E-state index contributed by atoms with van der Waals surface area (Å²) in [6, 6.07) is 4.80. The van der Waals surface area contributed by atoms with Crippen molar-refractivity contribution in [3.05, 3.63) is 33.9 Å². The number of nitrogens with zero attached hydrogens (tertiary/aromatic N) is 3. The molecule has 0 aromatic heterocycles. The maximum absolute atomic E-state index is 13.1. The van der Waals surface area contributed by atoms with Crippen LogP contribution in [0.5, 0.6) is 0 Å². The van der Waals surface area contributed by atoms with Crippen LogP contribution in [0.3, 0.4) is 0 Å². The Hall–Kier alpha value is -2.15. The van der Waals surface area contributed by atoms with Gasteiger partial charge in [-0.05, 0) is 57.1 Å². The van der Waals surface area contributed by atoms with Crippen LogP contribution in [0.15, 0.2) is 18.2 Å². The SMILES string of the molecule is CC1CCN(c2ccc(C(=O)N3CCCCC3C(C)N)cc2[N+](=O)[O-])CC1. The first-order valence-electron chi connectivity index (χ1n) is 9.98. The molecule has 0 bridgehead atoms. The minimum Gasteiger partial charge on any atom is -0.366 e. The number of hydrogen-bond acceptors (Lipinski definition) is 5. The summed E-state index contributed by atoms with van der Waals surface area (Å²) in [7, 11) is 0. The van der Waals surface area contributed by atoms with Crippen LogP contribution in [0.25, 0.3) is 0 Å². The minimum atomic E-state index is -0.372. The fourth-order valence-electron chi connectivity index (χ4n) is 4.24. The van der Waals surface area contributed by atoms with Crippen molar-refractivity contribution in [2.75, 3.05) is 24.5 Å². The third kappa shape index (κ3) is 4.24. The van der Waals surface area contributed by atoms with Gasteiger partial charge in [-0.15, -0.1) is 0 Å². The van der Waals surface area contributed by atoms with Gasteiger partial charge in [-0.25, -0.2) is 0 Å². The number of likely N-dealkylation sites (tertiary alicyclic amines) is 1. The molecule has 3 rings (SSSR count). The van der Waals surface area contributed by atoms with E-state index in [0.29, 0.717) is 23.7 Å². The number of piperidine rings is 2. The normalized spacial score (nSPS) is 22.6. The number of nitro groups is 1. The second kappa shape index (κ2) is 8.25. The summed E-state index contributed by atoms with van der Waals surface area (Å²) in [5, 5.41) is 11.7. The van der Waals surface area contributed by atoms with Crippen LogP contribution in [-0.4, -0.2) is 47.4 Å². The highest BCUT2D eigenvalue weighted by atomic mass is 16.6. The molecule has 2 aliphatic rings. The molecule has 2 fully saturated rings. The zero-order valence-electron chi connectivity index (χ0n) is 16.3. The Morgan fingerprint density at radius 3 is 2.56 bits per heavy atom. The molecule has 0 spiro atoms. The molecule has 1 aromatic rings. The van der Waals surface area contributed by atoms with Gasteiger partial charge >= 0.3 is 0 Å². The first kappa shape index (κ1) is 19.6. The maximum Gasteiger partial charge on any atom is 0.293 e. The minimum absolute atomic E-state index is 0.00596. The van der Waals surface area contributed by atoms with Crippen LogP contribution in [0.2, 0.25) is 0 Å². The highest BCUT2D eigenvalue weighted by Crippen LogP contribution is 2.33. The molecule has 7 nitrogen and oxygen atoms in total. The fourth-order valence-corrected chi connectivity index (χ4v) is 4.24. The van der Waals surface area contributed by atoms with Gasteiger partial charge in [-0.2, -0.15) is 0 Å². The number of carbonyl (C=O) groups is 1. The van der Waals surface area contributed by atoms with E-state index in [1.54, 1.807) is 17.0 Å². The van der Waals surface area contributed by atoms with Gasteiger partial charge in [0.05, 0.1) is 4.92 Å². The van der Waals surface area contributed by atoms with Gasteiger partial charge in [0.1, 0.15) is 5.69 Å². The number of nitro benzene ring substituents is 1. The number of amides is 1. The lowest BCUT2D eigenvalue weighted by Gasteiger charge is -2.38. The summed E-state index contributed by atoms with van der Waals surface area (Å²) in [4.78, 5) is 28.2. The molecule has 148 valence electrons. The van der Waals surface area contributed by atoms with E-state index in [-0.39, 0.29) is 28.6 Å². The molecule has 7 heteroatoms. The fraction of sp³-hybridized carbons (Fsp3) is 0.650. The molecule has 2 heterocycles. The standard InChI is InChI=1S/C20H30N4O3/c1-14-8-11-22(12-9-14)18-7-6-16(13-19(18)24(26)27)20(25)23-10-4-3-5-17(23)15(2)21/h6-7,13-15,17H,3-5,8-12,21H2,1-2H3. The molecule has 2 unspecified atom stereocenters. The van der Waals surface area contributed by atoms with E-state index >= 15 is 0 Å². The van der Waals surface area contributed by atoms with Crippen molar-refractivity contribution in [3.63, 3.8) is 0 Å².